The number of nitrogen functional groups attached to an aromatic ring is 1. The molecule has 2 N–H and O–H groups in total. The minimum Gasteiger partial charge on any atom is -0.465 e. The Bertz CT molecular complexity index is 426. The summed E-state index contributed by atoms with van der Waals surface area (Å²) < 4.78 is 4.80. The van der Waals surface area contributed by atoms with Gasteiger partial charge in [0.1, 0.15) is 0 Å². The van der Waals surface area contributed by atoms with Crippen molar-refractivity contribution in [1.29, 1.82) is 5.26 Å². The summed E-state index contributed by atoms with van der Waals surface area (Å²) in [5.41, 5.74) is 6.75. The minimum absolute atomic E-state index is 0.226. The lowest BCUT2D eigenvalue weighted by molar-refractivity contribution is -0.139. The Morgan fingerprint density at radius 1 is 1.62 bits per heavy atom. The van der Waals surface area contributed by atoms with Crippen molar-refractivity contribution in [3.05, 3.63) is 23.8 Å². The molecule has 0 aliphatic heterocycles. The first-order valence-electron chi connectivity index (χ1n) is 4.75. The van der Waals surface area contributed by atoms with Gasteiger partial charge in [0.2, 0.25) is 0 Å². The van der Waals surface area contributed by atoms with Crippen LogP contribution in [0.2, 0.25) is 0 Å². The highest BCUT2D eigenvalue weighted by Gasteiger charge is 2.06. The first-order chi connectivity index (χ1) is 7.67. The molecule has 1 aromatic carbocycles. The molecular formula is C11H12N2O2S. The maximum absolute atomic E-state index is 11.1. The molecule has 84 valence electrons. The summed E-state index contributed by atoms with van der Waals surface area (Å²) >= 11 is 1.31. The Labute approximate surface area is 98.4 Å². The molecule has 0 unspecified atom stereocenters. The van der Waals surface area contributed by atoms with E-state index < -0.39 is 0 Å². The van der Waals surface area contributed by atoms with Gasteiger partial charge < -0.3 is 10.5 Å². The van der Waals surface area contributed by atoms with Gasteiger partial charge >= 0.3 is 5.97 Å². The van der Waals surface area contributed by atoms with Crippen molar-refractivity contribution in [2.75, 3.05) is 18.1 Å². The molecule has 0 aliphatic rings. The van der Waals surface area contributed by atoms with Crippen molar-refractivity contribution in [2.24, 2.45) is 0 Å². The molecule has 1 aromatic rings. The van der Waals surface area contributed by atoms with Crippen molar-refractivity contribution in [2.45, 2.75) is 11.8 Å². The van der Waals surface area contributed by atoms with Gasteiger partial charge in [-0.05, 0) is 25.1 Å². The van der Waals surface area contributed by atoms with E-state index in [9.17, 15) is 4.79 Å². The van der Waals surface area contributed by atoms with Gasteiger partial charge in [-0.1, -0.05) is 0 Å². The fourth-order valence-electron chi connectivity index (χ4n) is 1.09. The predicted molar refractivity (Wildman–Crippen MR) is 62.9 cm³/mol. The zero-order chi connectivity index (χ0) is 12.0. The minimum atomic E-state index is -0.267. The lowest BCUT2D eigenvalue weighted by Gasteiger charge is -2.05. The summed E-state index contributed by atoms with van der Waals surface area (Å²) in [6.45, 7) is 2.14. The number of hydrogen-bond donors (Lipinski definition) is 1. The highest BCUT2D eigenvalue weighted by atomic mass is 32.2. The molecule has 1 rings (SSSR count). The average Bonchev–Trinajstić information content (AvgIpc) is 2.27. The zero-order valence-corrected chi connectivity index (χ0v) is 9.71. The molecule has 0 atom stereocenters. The number of carbonyl (C=O) groups excluding carboxylic acids is 1. The highest BCUT2D eigenvalue weighted by Crippen LogP contribution is 2.25. The summed E-state index contributed by atoms with van der Waals surface area (Å²) in [4.78, 5) is 11.9. The summed E-state index contributed by atoms with van der Waals surface area (Å²) in [5.74, 6) is -0.0412. The van der Waals surface area contributed by atoms with E-state index >= 15 is 0 Å². The SMILES string of the molecule is CCOC(=O)CSc1ccc(C#N)cc1N. The summed E-state index contributed by atoms with van der Waals surface area (Å²) in [7, 11) is 0. The third-order valence-electron chi connectivity index (χ3n) is 1.79. The quantitative estimate of drug-likeness (QED) is 0.490. The zero-order valence-electron chi connectivity index (χ0n) is 8.90. The van der Waals surface area contributed by atoms with Gasteiger partial charge in [0.05, 0.1) is 24.0 Å². The molecule has 0 radical (unpaired) electrons. The van der Waals surface area contributed by atoms with Crippen LogP contribution in [-0.4, -0.2) is 18.3 Å². The van der Waals surface area contributed by atoms with Crippen LogP contribution in [0, 0.1) is 11.3 Å². The Morgan fingerprint density at radius 3 is 2.94 bits per heavy atom. The number of esters is 1. The molecule has 4 nitrogen and oxygen atoms in total. The number of ether oxygens (including phenoxy) is 1. The maximum Gasteiger partial charge on any atom is 0.316 e. The first-order valence-corrected chi connectivity index (χ1v) is 5.74. The summed E-state index contributed by atoms with van der Waals surface area (Å²) in [6, 6.07) is 6.99. The number of nitrogens with two attached hydrogens (primary N) is 1. The lowest BCUT2D eigenvalue weighted by Crippen LogP contribution is -2.06. The monoisotopic (exact) mass is 236 g/mol. The molecule has 0 saturated heterocycles. The molecule has 0 spiro atoms. The van der Waals surface area contributed by atoms with E-state index in [2.05, 4.69) is 0 Å². The second-order valence-electron chi connectivity index (χ2n) is 2.96. The molecule has 0 aromatic heterocycles. The molecular weight excluding hydrogens is 224 g/mol. The molecule has 0 aliphatic carbocycles. The normalized spacial score (nSPS) is 9.50. The van der Waals surface area contributed by atoms with Gasteiger partial charge in [-0.2, -0.15) is 5.26 Å². The van der Waals surface area contributed by atoms with Crippen LogP contribution >= 0.6 is 11.8 Å². The number of carbonyl (C=O) groups is 1. The van der Waals surface area contributed by atoms with Crippen molar-refractivity contribution in [3.8, 4) is 6.07 Å². The van der Waals surface area contributed by atoms with Crippen molar-refractivity contribution >= 4 is 23.4 Å². The topological polar surface area (TPSA) is 76.1 Å². The molecule has 0 heterocycles. The van der Waals surface area contributed by atoms with Crippen molar-refractivity contribution in [1.82, 2.24) is 0 Å². The third-order valence-corrected chi connectivity index (χ3v) is 2.85. The molecule has 16 heavy (non-hydrogen) atoms. The standard InChI is InChI=1S/C11H12N2O2S/c1-2-15-11(14)7-16-10-4-3-8(6-12)5-9(10)13/h3-5H,2,7,13H2,1H3. The van der Waals surface area contributed by atoms with Gasteiger partial charge in [0.25, 0.3) is 0 Å². The van der Waals surface area contributed by atoms with Crippen LogP contribution in [0.15, 0.2) is 23.1 Å². The largest absolute Gasteiger partial charge is 0.465 e. The van der Waals surface area contributed by atoms with E-state index in [0.29, 0.717) is 17.9 Å². The van der Waals surface area contributed by atoms with Crippen LogP contribution in [-0.2, 0) is 9.53 Å². The highest BCUT2D eigenvalue weighted by molar-refractivity contribution is 8.00. The molecule has 5 heteroatoms. The van der Waals surface area contributed by atoms with E-state index in [1.54, 1.807) is 25.1 Å². The lowest BCUT2D eigenvalue weighted by atomic mass is 10.2. The second kappa shape index (κ2) is 6.03. The maximum atomic E-state index is 11.1. The van der Waals surface area contributed by atoms with Gasteiger partial charge in [0.15, 0.2) is 0 Å². The Balaban J connectivity index is 2.62. The fraction of sp³-hybridized carbons (Fsp3) is 0.273. The summed E-state index contributed by atoms with van der Waals surface area (Å²) in [5, 5.41) is 8.65. The van der Waals surface area contributed by atoms with Crippen molar-refractivity contribution < 1.29 is 9.53 Å². The number of hydrogen-bond acceptors (Lipinski definition) is 5. The molecule has 0 saturated carbocycles. The Morgan fingerprint density at radius 2 is 2.38 bits per heavy atom. The number of anilines is 1. The number of thioether (sulfide) groups is 1. The van der Waals surface area contributed by atoms with Crippen LogP contribution < -0.4 is 5.73 Å². The van der Waals surface area contributed by atoms with E-state index in [0.717, 1.165) is 4.90 Å². The van der Waals surface area contributed by atoms with Gasteiger partial charge in [0, 0.05) is 10.6 Å². The third kappa shape index (κ3) is 3.48. The van der Waals surface area contributed by atoms with Crippen LogP contribution in [0.4, 0.5) is 5.69 Å². The van der Waals surface area contributed by atoms with Gasteiger partial charge in [-0.15, -0.1) is 11.8 Å². The number of nitrogens with zero attached hydrogens (tertiary/aromatic N) is 1. The Hall–Kier alpha value is -1.67. The Kier molecular flexibility index (Phi) is 4.67. The smallest absolute Gasteiger partial charge is 0.316 e. The van der Waals surface area contributed by atoms with Crippen molar-refractivity contribution in [3.63, 3.8) is 0 Å². The van der Waals surface area contributed by atoms with E-state index in [1.165, 1.54) is 11.8 Å². The number of rotatable bonds is 4. The molecule has 0 amide bonds. The van der Waals surface area contributed by atoms with Crippen LogP contribution in [0.3, 0.4) is 0 Å². The van der Waals surface area contributed by atoms with Gasteiger partial charge in [-0.25, -0.2) is 0 Å². The van der Waals surface area contributed by atoms with E-state index in [4.69, 9.17) is 15.7 Å². The number of benzene rings is 1. The number of nitriles is 1. The van der Waals surface area contributed by atoms with Gasteiger partial charge in [-0.3, -0.25) is 4.79 Å². The fourth-order valence-corrected chi connectivity index (χ4v) is 1.84. The molecule has 0 bridgehead atoms. The molecule has 0 fully saturated rings. The second-order valence-corrected chi connectivity index (χ2v) is 3.98. The predicted octanol–water partition coefficient (Wildman–Crippen LogP) is 1.80. The first kappa shape index (κ1) is 12.4. The van der Waals surface area contributed by atoms with Crippen LogP contribution in [0.5, 0.6) is 0 Å². The van der Waals surface area contributed by atoms with Crippen LogP contribution in [0.25, 0.3) is 0 Å². The summed E-state index contributed by atoms with van der Waals surface area (Å²) in [6.07, 6.45) is 0. The van der Waals surface area contributed by atoms with E-state index in [-0.39, 0.29) is 11.7 Å². The average molecular weight is 236 g/mol. The van der Waals surface area contributed by atoms with Crippen LogP contribution in [0.1, 0.15) is 12.5 Å². The van der Waals surface area contributed by atoms with E-state index in [1.807, 2.05) is 6.07 Å².